The van der Waals surface area contributed by atoms with Gasteiger partial charge in [0.2, 0.25) is 0 Å². The first-order valence-corrected chi connectivity index (χ1v) is 8.06. The topological polar surface area (TPSA) is 12.0 Å². The molecular weight excluding hydrogens is 301 g/mol. The molecule has 0 aliphatic heterocycles. The average Bonchev–Trinajstić information content (AvgIpc) is 2.48. The predicted octanol–water partition coefficient (Wildman–Crippen LogP) is 5.82. The minimum Gasteiger partial charge on any atom is -0.307 e. The number of hydrogen-bond donors (Lipinski definition) is 1. The molecule has 21 heavy (non-hydrogen) atoms. The van der Waals surface area contributed by atoms with Gasteiger partial charge in [-0.1, -0.05) is 74.3 Å². The van der Waals surface area contributed by atoms with E-state index < -0.39 is 0 Å². The van der Waals surface area contributed by atoms with Crippen LogP contribution in [-0.2, 0) is 0 Å². The first kappa shape index (κ1) is 16.4. The van der Waals surface area contributed by atoms with Crippen molar-refractivity contribution >= 4 is 23.2 Å². The Kier molecular flexibility index (Phi) is 5.69. The summed E-state index contributed by atoms with van der Waals surface area (Å²) in [6.45, 7) is 7.40. The molecule has 2 aromatic rings. The summed E-state index contributed by atoms with van der Waals surface area (Å²) in [6.07, 6.45) is 0. The van der Waals surface area contributed by atoms with E-state index in [0.717, 1.165) is 12.1 Å². The van der Waals surface area contributed by atoms with E-state index in [2.05, 4.69) is 50.4 Å². The van der Waals surface area contributed by atoms with Crippen LogP contribution < -0.4 is 5.32 Å². The van der Waals surface area contributed by atoms with Gasteiger partial charge >= 0.3 is 0 Å². The normalized spacial score (nSPS) is 12.7. The Morgan fingerprint density at radius 1 is 0.857 bits per heavy atom. The van der Waals surface area contributed by atoms with Gasteiger partial charge in [0.05, 0.1) is 16.1 Å². The van der Waals surface area contributed by atoms with Gasteiger partial charge in [-0.15, -0.1) is 0 Å². The van der Waals surface area contributed by atoms with E-state index in [1.54, 1.807) is 0 Å². The molecule has 0 amide bonds. The van der Waals surface area contributed by atoms with Gasteiger partial charge in [-0.25, -0.2) is 0 Å². The predicted molar refractivity (Wildman–Crippen MR) is 92.5 cm³/mol. The van der Waals surface area contributed by atoms with Crippen LogP contribution in [0.25, 0.3) is 0 Å². The third-order valence-electron chi connectivity index (χ3n) is 3.62. The molecule has 0 aromatic heterocycles. The van der Waals surface area contributed by atoms with E-state index in [9.17, 15) is 0 Å². The van der Waals surface area contributed by atoms with Crippen LogP contribution in [0.2, 0.25) is 10.0 Å². The first-order valence-electron chi connectivity index (χ1n) is 7.31. The minimum atomic E-state index is 0.131. The molecule has 0 spiro atoms. The average molecular weight is 322 g/mol. The summed E-state index contributed by atoms with van der Waals surface area (Å²) in [5, 5.41) is 4.69. The molecule has 112 valence electrons. The Morgan fingerprint density at radius 2 is 1.43 bits per heavy atom. The SMILES string of the molecule is CCNC(c1ccc(C(C)C)cc1)c1ccc(Cl)c(Cl)c1. The van der Waals surface area contributed by atoms with E-state index in [4.69, 9.17) is 23.2 Å². The molecule has 0 fully saturated rings. The van der Waals surface area contributed by atoms with Crippen LogP contribution in [0.5, 0.6) is 0 Å². The van der Waals surface area contributed by atoms with Gasteiger partial charge in [-0.3, -0.25) is 0 Å². The lowest BCUT2D eigenvalue weighted by Crippen LogP contribution is -2.22. The third kappa shape index (κ3) is 4.00. The largest absolute Gasteiger partial charge is 0.307 e. The highest BCUT2D eigenvalue weighted by molar-refractivity contribution is 6.42. The summed E-state index contributed by atoms with van der Waals surface area (Å²) in [7, 11) is 0. The number of nitrogens with one attached hydrogen (secondary N) is 1. The van der Waals surface area contributed by atoms with Crippen molar-refractivity contribution in [2.75, 3.05) is 6.54 Å². The van der Waals surface area contributed by atoms with Crippen LogP contribution >= 0.6 is 23.2 Å². The fourth-order valence-electron chi connectivity index (χ4n) is 2.40. The van der Waals surface area contributed by atoms with Crippen molar-refractivity contribution < 1.29 is 0 Å². The van der Waals surface area contributed by atoms with Crippen LogP contribution in [0.4, 0.5) is 0 Å². The van der Waals surface area contributed by atoms with E-state index in [0.29, 0.717) is 16.0 Å². The quantitative estimate of drug-likeness (QED) is 0.732. The fraction of sp³-hybridized carbons (Fsp3) is 0.333. The van der Waals surface area contributed by atoms with Crippen molar-refractivity contribution in [1.29, 1.82) is 0 Å². The lowest BCUT2D eigenvalue weighted by Gasteiger charge is -2.20. The summed E-state index contributed by atoms with van der Waals surface area (Å²) in [4.78, 5) is 0. The van der Waals surface area contributed by atoms with Crippen molar-refractivity contribution in [3.05, 3.63) is 69.2 Å². The Labute approximate surface area is 137 Å². The highest BCUT2D eigenvalue weighted by atomic mass is 35.5. The molecule has 1 unspecified atom stereocenters. The smallest absolute Gasteiger partial charge is 0.0595 e. The molecule has 0 aliphatic carbocycles. The van der Waals surface area contributed by atoms with E-state index in [-0.39, 0.29) is 6.04 Å². The van der Waals surface area contributed by atoms with E-state index >= 15 is 0 Å². The summed E-state index contributed by atoms with van der Waals surface area (Å²) >= 11 is 12.2. The molecular formula is C18H21Cl2N. The number of benzene rings is 2. The van der Waals surface area contributed by atoms with Crippen molar-refractivity contribution in [3.63, 3.8) is 0 Å². The minimum absolute atomic E-state index is 0.131. The molecule has 0 bridgehead atoms. The Morgan fingerprint density at radius 3 is 1.95 bits per heavy atom. The van der Waals surface area contributed by atoms with Gasteiger partial charge in [0.25, 0.3) is 0 Å². The maximum Gasteiger partial charge on any atom is 0.0595 e. The molecule has 2 aromatic carbocycles. The molecule has 1 nitrogen and oxygen atoms in total. The maximum absolute atomic E-state index is 6.15. The zero-order valence-electron chi connectivity index (χ0n) is 12.7. The lowest BCUT2D eigenvalue weighted by molar-refractivity contribution is 0.630. The molecule has 0 aliphatic rings. The van der Waals surface area contributed by atoms with Crippen LogP contribution in [0.1, 0.15) is 49.4 Å². The van der Waals surface area contributed by atoms with Gasteiger partial charge in [0.15, 0.2) is 0 Å². The maximum atomic E-state index is 6.15. The zero-order valence-corrected chi connectivity index (χ0v) is 14.2. The monoisotopic (exact) mass is 321 g/mol. The highest BCUT2D eigenvalue weighted by Gasteiger charge is 2.14. The summed E-state index contributed by atoms with van der Waals surface area (Å²) in [6, 6.07) is 14.7. The molecule has 0 heterocycles. The fourth-order valence-corrected chi connectivity index (χ4v) is 2.70. The van der Waals surface area contributed by atoms with Gasteiger partial charge in [-0.2, -0.15) is 0 Å². The number of halogens is 2. The summed E-state index contributed by atoms with van der Waals surface area (Å²) in [5.41, 5.74) is 3.71. The van der Waals surface area contributed by atoms with Gasteiger partial charge in [0.1, 0.15) is 0 Å². The molecule has 0 saturated carbocycles. The standard InChI is InChI=1S/C18H21Cl2N/c1-4-21-18(15-9-10-16(19)17(20)11-15)14-7-5-13(6-8-14)12(2)3/h5-12,18,21H,4H2,1-3H3. The van der Waals surface area contributed by atoms with E-state index in [1.807, 2.05) is 18.2 Å². The Bertz CT molecular complexity index is 591. The summed E-state index contributed by atoms with van der Waals surface area (Å²) in [5.74, 6) is 0.543. The van der Waals surface area contributed by atoms with Crippen LogP contribution in [0.3, 0.4) is 0 Å². The van der Waals surface area contributed by atoms with Crippen molar-refractivity contribution in [2.45, 2.75) is 32.7 Å². The second-order valence-corrected chi connectivity index (χ2v) is 6.30. The van der Waals surface area contributed by atoms with Crippen LogP contribution in [0.15, 0.2) is 42.5 Å². The first-order chi connectivity index (χ1) is 10.0. The molecule has 2 rings (SSSR count). The highest BCUT2D eigenvalue weighted by Crippen LogP contribution is 2.29. The number of rotatable bonds is 5. The molecule has 3 heteroatoms. The molecule has 0 radical (unpaired) electrons. The van der Waals surface area contributed by atoms with Crippen LogP contribution in [-0.4, -0.2) is 6.54 Å². The zero-order chi connectivity index (χ0) is 15.4. The van der Waals surface area contributed by atoms with Gasteiger partial charge in [0, 0.05) is 0 Å². The Hall–Kier alpha value is -1.02. The molecule has 1 atom stereocenters. The lowest BCUT2D eigenvalue weighted by atomic mass is 9.95. The second-order valence-electron chi connectivity index (χ2n) is 5.49. The van der Waals surface area contributed by atoms with Crippen molar-refractivity contribution in [1.82, 2.24) is 5.32 Å². The van der Waals surface area contributed by atoms with Gasteiger partial charge in [-0.05, 0) is 41.3 Å². The van der Waals surface area contributed by atoms with Crippen LogP contribution in [0, 0.1) is 0 Å². The Balaban J connectivity index is 2.35. The number of hydrogen-bond acceptors (Lipinski definition) is 1. The van der Waals surface area contributed by atoms with E-state index in [1.165, 1.54) is 11.1 Å². The molecule has 0 saturated heterocycles. The van der Waals surface area contributed by atoms with Crippen molar-refractivity contribution in [3.8, 4) is 0 Å². The third-order valence-corrected chi connectivity index (χ3v) is 4.36. The van der Waals surface area contributed by atoms with Crippen molar-refractivity contribution in [2.24, 2.45) is 0 Å². The van der Waals surface area contributed by atoms with Gasteiger partial charge < -0.3 is 5.32 Å². The second kappa shape index (κ2) is 7.31. The summed E-state index contributed by atoms with van der Waals surface area (Å²) < 4.78 is 0. The molecule has 1 N–H and O–H groups in total.